The molecule has 2 amide bonds. The molecule has 0 saturated carbocycles. The van der Waals surface area contributed by atoms with Gasteiger partial charge in [-0.2, -0.15) is 0 Å². The molecule has 4 aromatic rings. The number of rotatable bonds is 5. The molecule has 3 N–H and O–H groups in total. The number of hydrogen-bond donors (Lipinski definition) is 3. The maximum Gasteiger partial charge on any atom is 0.272 e. The van der Waals surface area contributed by atoms with Gasteiger partial charge < -0.3 is 20.4 Å². The van der Waals surface area contributed by atoms with Crippen molar-refractivity contribution in [3.05, 3.63) is 83.4 Å². The van der Waals surface area contributed by atoms with Crippen molar-refractivity contribution in [1.82, 2.24) is 20.3 Å². The minimum absolute atomic E-state index is 0.0222. The second-order valence-electron chi connectivity index (χ2n) is 7.60. The van der Waals surface area contributed by atoms with Crippen molar-refractivity contribution in [3.8, 4) is 5.75 Å². The number of ketones is 1. The number of aromatic nitrogens is 3. The molecule has 0 fully saturated rings. The van der Waals surface area contributed by atoms with Gasteiger partial charge >= 0.3 is 0 Å². The van der Waals surface area contributed by atoms with Crippen LogP contribution in [0.5, 0.6) is 5.75 Å². The van der Waals surface area contributed by atoms with Crippen LogP contribution in [0, 0.1) is 0 Å². The Hall–Kier alpha value is -4.53. The van der Waals surface area contributed by atoms with Crippen LogP contribution >= 0.6 is 0 Å². The van der Waals surface area contributed by atoms with Crippen LogP contribution in [-0.4, -0.2) is 39.2 Å². The molecule has 5 rings (SSSR count). The molecular weight excluding hydrogens is 422 g/mol. The summed E-state index contributed by atoms with van der Waals surface area (Å²) >= 11 is 0. The average Bonchev–Trinajstić information content (AvgIpc) is 3.25. The van der Waals surface area contributed by atoms with Gasteiger partial charge in [0.1, 0.15) is 24.2 Å². The van der Waals surface area contributed by atoms with Crippen molar-refractivity contribution in [1.29, 1.82) is 0 Å². The van der Waals surface area contributed by atoms with Crippen molar-refractivity contribution >= 4 is 34.3 Å². The Morgan fingerprint density at radius 3 is 2.76 bits per heavy atom. The first kappa shape index (κ1) is 20.4. The van der Waals surface area contributed by atoms with Gasteiger partial charge in [-0.3, -0.25) is 14.4 Å². The summed E-state index contributed by atoms with van der Waals surface area (Å²) in [6.45, 7) is 0.348. The zero-order valence-corrected chi connectivity index (χ0v) is 17.4. The lowest BCUT2D eigenvalue weighted by molar-refractivity contribution is -0.121. The van der Waals surface area contributed by atoms with Crippen LogP contribution in [0.4, 0.5) is 5.69 Å². The Kier molecular flexibility index (Phi) is 5.27. The molecule has 0 radical (unpaired) electrons. The third-order valence-corrected chi connectivity index (χ3v) is 5.32. The van der Waals surface area contributed by atoms with Crippen LogP contribution in [0.1, 0.15) is 32.0 Å². The summed E-state index contributed by atoms with van der Waals surface area (Å²) in [5, 5.41) is 5.65. The number of nitrogens with one attached hydrogen (secondary N) is 3. The monoisotopic (exact) mass is 441 g/mol. The lowest BCUT2D eigenvalue weighted by Gasteiger charge is -2.17. The number of aromatic amines is 1. The summed E-state index contributed by atoms with van der Waals surface area (Å²) < 4.78 is 5.40. The Balaban J connectivity index is 1.32. The van der Waals surface area contributed by atoms with E-state index in [1.165, 1.54) is 6.33 Å². The zero-order chi connectivity index (χ0) is 22.8. The topological polar surface area (TPSA) is 126 Å². The Morgan fingerprint density at radius 1 is 1.06 bits per heavy atom. The molecule has 164 valence electrons. The SMILES string of the molecule is O=C1COc2ccc(CNC(=O)c3ncnc4c(NC(=O)c5ccccc5)c[nH]c34)cc2C1. The molecule has 2 aromatic carbocycles. The quantitative estimate of drug-likeness (QED) is 0.437. The number of fused-ring (bicyclic) bond motifs is 2. The Bertz CT molecular complexity index is 1380. The number of benzene rings is 2. The first-order valence-electron chi connectivity index (χ1n) is 10.3. The zero-order valence-electron chi connectivity index (χ0n) is 17.4. The summed E-state index contributed by atoms with van der Waals surface area (Å²) in [6.07, 6.45) is 3.19. The summed E-state index contributed by atoms with van der Waals surface area (Å²) in [4.78, 5) is 48.3. The highest BCUT2D eigenvalue weighted by Crippen LogP contribution is 2.25. The molecule has 0 bridgehead atoms. The number of ether oxygens (including phenoxy) is 1. The third kappa shape index (κ3) is 4.16. The Labute approximate surface area is 188 Å². The van der Waals surface area contributed by atoms with Gasteiger partial charge in [-0.05, 0) is 29.8 Å². The van der Waals surface area contributed by atoms with Crippen molar-refractivity contribution < 1.29 is 19.1 Å². The van der Waals surface area contributed by atoms with E-state index < -0.39 is 5.91 Å². The van der Waals surface area contributed by atoms with E-state index in [2.05, 4.69) is 25.6 Å². The standard InChI is InChI=1S/C24H19N5O4/c30-17-9-16-8-14(6-7-19(16)33-12-17)10-26-24(32)22-21-20(27-13-28-22)18(11-25-21)29-23(31)15-4-2-1-3-5-15/h1-8,11,13,25H,9-10,12H2,(H,26,32)(H,29,31). The highest BCUT2D eigenvalue weighted by molar-refractivity contribution is 6.11. The van der Waals surface area contributed by atoms with Gasteiger partial charge in [-0.1, -0.05) is 24.3 Å². The van der Waals surface area contributed by atoms with Crippen molar-refractivity contribution in [2.24, 2.45) is 0 Å². The molecule has 0 atom stereocenters. The van der Waals surface area contributed by atoms with E-state index in [1.807, 2.05) is 18.2 Å². The summed E-state index contributed by atoms with van der Waals surface area (Å²) in [6, 6.07) is 14.3. The van der Waals surface area contributed by atoms with Crippen LogP contribution in [0.15, 0.2) is 61.1 Å². The fraction of sp³-hybridized carbons (Fsp3) is 0.125. The van der Waals surface area contributed by atoms with Gasteiger partial charge in [0.05, 0.1) is 11.2 Å². The second kappa shape index (κ2) is 8.54. The second-order valence-corrected chi connectivity index (χ2v) is 7.60. The van der Waals surface area contributed by atoms with Crippen LogP contribution < -0.4 is 15.4 Å². The summed E-state index contributed by atoms with van der Waals surface area (Å²) in [5.41, 5.74) is 3.63. The maximum atomic E-state index is 12.8. The van der Waals surface area contributed by atoms with Crippen molar-refractivity contribution in [3.63, 3.8) is 0 Å². The molecule has 3 heterocycles. The minimum atomic E-state index is -0.393. The number of anilines is 1. The molecule has 0 unspecified atom stereocenters. The lowest BCUT2D eigenvalue weighted by Crippen LogP contribution is -2.25. The number of Topliss-reactive ketones (excluding diaryl/α,β-unsaturated/α-hetero) is 1. The van der Waals surface area contributed by atoms with E-state index in [0.717, 1.165) is 11.1 Å². The van der Waals surface area contributed by atoms with Crippen LogP contribution in [-0.2, 0) is 17.8 Å². The van der Waals surface area contributed by atoms with E-state index in [-0.39, 0.29) is 30.5 Å². The van der Waals surface area contributed by atoms with Crippen molar-refractivity contribution in [2.75, 3.05) is 11.9 Å². The molecule has 9 heteroatoms. The largest absolute Gasteiger partial charge is 0.486 e. The van der Waals surface area contributed by atoms with E-state index in [4.69, 9.17) is 4.74 Å². The smallest absolute Gasteiger partial charge is 0.272 e. The predicted molar refractivity (Wildman–Crippen MR) is 120 cm³/mol. The maximum absolute atomic E-state index is 12.8. The van der Waals surface area contributed by atoms with E-state index >= 15 is 0 Å². The number of hydrogen-bond acceptors (Lipinski definition) is 6. The van der Waals surface area contributed by atoms with Crippen LogP contribution in [0.25, 0.3) is 11.0 Å². The number of amides is 2. The van der Waals surface area contributed by atoms with Gasteiger partial charge in [0, 0.05) is 30.3 Å². The van der Waals surface area contributed by atoms with Gasteiger partial charge in [0.15, 0.2) is 11.5 Å². The molecule has 1 aliphatic heterocycles. The van der Waals surface area contributed by atoms with E-state index in [0.29, 0.717) is 34.5 Å². The van der Waals surface area contributed by atoms with Gasteiger partial charge in [-0.15, -0.1) is 0 Å². The summed E-state index contributed by atoms with van der Waals surface area (Å²) in [7, 11) is 0. The summed E-state index contributed by atoms with van der Waals surface area (Å²) in [5.74, 6) is 0.0406. The normalized spacial score (nSPS) is 12.7. The predicted octanol–water partition coefficient (Wildman–Crippen LogP) is 2.64. The van der Waals surface area contributed by atoms with Crippen LogP contribution in [0.2, 0.25) is 0 Å². The Morgan fingerprint density at radius 2 is 1.91 bits per heavy atom. The molecule has 0 saturated heterocycles. The van der Waals surface area contributed by atoms with Gasteiger partial charge in [-0.25, -0.2) is 9.97 Å². The molecule has 2 aromatic heterocycles. The number of carbonyl (C=O) groups is 3. The number of carbonyl (C=O) groups excluding carboxylic acids is 3. The molecule has 1 aliphatic rings. The molecule has 0 spiro atoms. The van der Waals surface area contributed by atoms with E-state index in [9.17, 15) is 14.4 Å². The first-order valence-corrected chi connectivity index (χ1v) is 10.3. The lowest BCUT2D eigenvalue weighted by atomic mass is 10.0. The minimum Gasteiger partial charge on any atom is -0.486 e. The number of H-pyrrole nitrogens is 1. The third-order valence-electron chi connectivity index (χ3n) is 5.32. The molecule has 33 heavy (non-hydrogen) atoms. The van der Waals surface area contributed by atoms with E-state index in [1.54, 1.807) is 36.5 Å². The highest BCUT2D eigenvalue weighted by Gasteiger charge is 2.19. The highest BCUT2D eigenvalue weighted by atomic mass is 16.5. The van der Waals surface area contributed by atoms with Gasteiger partial charge in [0.2, 0.25) is 0 Å². The van der Waals surface area contributed by atoms with Gasteiger partial charge in [0.25, 0.3) is 11.8 Å². The average molecular weight is 441 g/mol. The van der Waals surface area contributed by atoms with Crippen molar-refractivity contribution in [2.45, 2.75) is 13.0 Å². The molecule has 9 nitrogen and oxygen atoms in total. The molecule has 0 aliphatic carbocycles. The first-order chi connectivity index (χ1) is 16.1. The fourth-order valence-corrected chi connectivity index (χ4v) is 3.70. The number of nitrogens with zero attached hydrogens (tertiary/aromatic N) is 2. The fourth-order valence-electron chi connectivity index (χ4n) is 3.70. The van der Waals surface area contributed by atoms with Crippen LogP contribution in [0.3, 0.4) is 0 Å². The molecular formula is C24H19N5O4.